The van der Waals surface area contributed by atoms with Gasteiger partial charge >= 0.3 is 6.18 Å². The molecule has 0 aliphatic carbocycles. The fourth-order valence-corrected chi connectivity index (χ4v) is 2.92. The summed E-state index contributed by atoms with van der Waals surface area (Å²) in [7, 11) is 0. The third kappa shape index (κ3) is 5.46. The van der Waals surface area contributed by atoms with Crippen LogP contribution in [0.25, 0.3) is 0 Å². The first-order valence-corrected chi connectivity index (χ1v) is 8.80. The van der Waals surface area contributed by atoms with Crippen molar-refractivity contribution in [2.45, 2.75) is 18.8 Å². The maximum Gasteiger partial charge on any atom is 0.433 e. The fourth-order valence-electron chi connectivity index (χ4n) is 2.15. The van der Waals surface area contributed by atoms with Crippen molar-refractivity contribution in [3.8, 4) is 0 Å². The van der Waals surface area contributed by atoms with Crippen LogP contribution in [0, 0.1) is 0 Å². The molecule has 2 heterocycles. The van der Waals surface area contributed by atoms with Crippen molar-refractivity contribution in [3.05, 3.63) is 64.9 Å². The minimum atomic E-state index is -4.54. The maximum atomic E-state index is 12.7. The molecule has 0 saturated carbocycles. The second kappa shape index (κ2) is 8.42. The van der Waals surface area contributed by atoms with Gasteiger partial charge in [0, 0.05) is 11.6 Å². The molecule has 1 aromatic carbocycles. The van der Waals surface area contributed by atoms with Crippen LogP contribution in [0.3, 0.4) is 0 Å². The molecular weight excluding hydrogens is 379 g/mol. The monoisotopic (exact) mass is 395 g/mol. The lowest BCUT2D eigenvalue weighted by molar-refractivity contribution is -0.141. The second-order valence-corrected chi connectivity index (χ2v) is 6.43. The molecule has 0 saturated heterocycles. The van der Waals surface area contributed by atoms with Gasteiger partial charge < -0.3 is 15.8 Å². The van der Waals surface area contributed by atoms with Crippen LogP contribution in [0.2, 0.25) is 0 Å². The van der Waals surface area contributed by atoms with E-state index in [9.17, 15) is 13.2 Å². The Morgan fingerprint density at radius 2 is 1.93 bits per heavy atom. The lowest BCUT2D eigenvalue weighted by Crippen LogP contribution is -2.17. The van der Waals surface area contributed by atoms with E-state index < -0.39 is 17.9 Å². The van der Waals surface area contributed by atoms with E-state index in [1.54, 1.807) is 5.38 Å². The molecule has 27 heavy (non-hydrogen) atoms. The first kappa shape index (κ1) is 19.2. The van der Waals surface area contributed by atoms with Crippen LogP contribution in [-0.2, 0) is 17.5 Å². The predicted molar refractivity (Wildman–Crippen MR) is 95.5 cm³/mol. The largest absolute Gasteiger partial charge is 0.433 e. The van der Waals surface area contributed by atoms with Gasteiger partial charge in [-0.15, -0.1) is 11.3 Å². The third-order valence-corrected chi connectivity index (χ3v) is 4.25. The molecular formula is C17H16F3N5OS. The Morgan fingerprint density at radius 1 is 1.15 bits per heavy atom. The van der Waals surface area contributed by atoms with Gasteiger partial charge in [0.1, 0.15) is 5.69 Å². The summed E-state index contributed by atoms with van der Waals surface area (Å²) in [5.74, 6) is -0.181. The van der Waals surface area contributed by atoms with E-state index in [0.717, 1.165) is 17.8 Å². The summed E-state index contributed by atoms with van der Waals surface area (Å²) in [5, 5.41) is 4.73. The topological polar surface area (TPSA) is 86.0 Å². The SMILES string of the molecule is NC(COCc1ccccc1)c1csc(Nc2nccc(C(F)(F)F)n2)n1. The van der Waals surface area contributed by atoms with E-state index in [0.29, 0.717) is 17.4 Å². The highest BCUT2D eigenvalue weighted by molar-refractivity contribution is 7.13. The standard InChI is InChI=1S/C17H16F3N5OS/c18-17(19,20)14-6-7-22-15(24-14)25-16-23-13(10-27-16)12(21)9-26-8-11-4-2-1-3-5-11/h1-7,10,12H,8-9,21H2,(H,22,23,24,25). The lowest BCUT2D eigenvalue weighted by atomic mass is 10.2. The van der Waals surface area contributed by atoms with Gasteiger partial charge in [0.05, 0.1) is 24.9 Å². The molecule has 10 heteroatoms. The van der Waals surface area contributed by atoms with E-state index >= 15 is 0 Å². The van der Waals surface area contributed by atoms with Crippen LogP contribution in [0.1, 0.15) is 23.0 Å². The van der Waals surface area contributed by atoms with Crippen LogP contribution in [0.4, 0.5) is 24.3 Å². The molecule has 1 unspecified atom stereocenters. The van der Waals surface area contributed by atoms with Crippen molar-refractivity contribution in [3.63, 3.8) is 0 Å². The summed E-state index contributed by atoms with van der Waals surface area (Å²) >= 11 is 1.20. The number of benzene rings is 1. The number of hydrogen-bond donors (Lipinski definition) is 2. The summed E-state index contributed by atoms with van der Waals surface area (Å²) in [6.45, 7) is 0.694. The minimum absolute atomic E-state index is 0.181. The normalized spacial score (nSPS) is 12.7. The summed E-state index contributed by atoms with van der Waals surface area (Å²) in [6, 6.07) is 10.0. The van der Waals surface area contributed by atoms with E-state index in [4.69, 9.17) is 10.5 Å². The number of aromatic nitrogens is 3. The molecule has 3 rings (SSSR count). The quantitative estimate of drug-likeness (QED) is 0.631. The zero-order valence-corrected chi connectivity index (χ0v) is 14.8. The van der Waals surface area contributed by atoms with Gasteiger partial charge in [-0.25, -0.2) is 15.0 Å². The Balaban J connectivity index is 1.56. The Bertz CT molecular complexity index is 872. The zero-order valence-electron chi connectivity index (χ0n) is 14.0. The van der Waals surface area contributed by atoms with Crippen LogP contribution in [-0.4, -0.2) is 21.6 Å². The highest BCUT2D eigenvalue weighted by atomic mass is 32.1. The number of nitrogens with zero attached hydrogens (tertiary/aromatic N) is 3. The molecule has 0 aliphatic heterocycles. The van der Waals surface area contributed by atoms with Crippen molar-refractivity contribution >= 4 is 22.4 Å². The highest BCUT2D eigenvalue weighted by Crippen LogP contribution is 2.28. The molecule has 0 spiro atoms. The smallest absolute Gasteiger partial charge is 0.375 e. The van der Waals surface area contributed by atoms with Crippen LogP contribution in [0.15, 0.2) is 48.0 Å². The van der Waals surface area contributed by atoms with Crippen molar-refractivity contribution in [1.82, 2.24) is 15.0 Å². The number of hydrogen-bond acceptors (Lipinski definition) is 7. The molecule has 0 aliphatic rings. The van der Waals surface area contributed by atoms with E-state index in [2.05, 4.69) is 20.3 Å². The average molecular weight is 395 g/mol. The molecule has 6 nitrogen and oxygen atoms in total. The lowest BCUT2D eigenvalue weighted by Gasteiger charge is -2.10. The molecule has 0 amide bonds. The highest BCUT2D eigenvalue weighted by Gasteiger charge is 2.32. The number of nitrogens with two attached hydrogens (primary N) is 1. The van der Waals surface area contributed by atoms with Gasteiger partial charge in [-0.1, -0.05) is 30.3 Å². The minimum Gasteiger partial charge on any atom is -0.375 e. The molecule has 3 N–H and O–H groups in total. The molecule has 2 aromatic heterocycles. The van der Waals surface area contributed by atoms with E-state index in [1.807, 2.05) is 30.3 Å². The van der Waals surface area contributed by atoms with Crippen molar-refractivity contribution in [2.75, 3.05) is 11.9 Å². The van der Waals surface area contributed by atoms with Gasteiger partial charge in [-0.05, 0) is 11.6 Å². The number of ether oxygens (including phenoxy) is 1. The molecule has 142 valence electrons. The number of nitrogens with one attached hydrogen (secondary N) is 1. The average Bonchev–Trinajstić information content (AvgIpc) is 3.11. The zero-order chi connectivity index (χ0) is 19.3. The van der Waals surface area contributed by atoms with E-state index in [1.165, 1.54) is 11.3 Å². The molecule has 3 aromatic rings. The maximum absolute atomic E-state index is 12.7. The Labute approximate surface area is 157 Å². The van der Waals surface area contributed by atoms with Gasteiger partial charge in [-0.2, -0.15) is 13.2 Å². The van der Waals surface area contributed by atoms with Gasteiger partial charge in [0.25, 0.3) is 0 Å². The number of alkyl halides is 3. The Kier molecular flexibility index (Phi) is 5.99. The number of anilines is 2. The molecule has 0 bridgehead atoms. The second-order valence-electron chi connectivity index (χ2n) is 5.57. The summed E-state index contributed by atoms with van der Waals surface area (Å²) in [4.78, 5) is 11.5. The predicted octanol–water partition coefficient (Wildman–Crippen LogP) is 3.91. The first-order valence-electron chi connectivity index (χ1n) is 7.92. The van der Waals surface area contributed by atoms with Crippen LogP contribution in [0.5, 0.6) is 0 Å². The summed E-state index contributed by atoms with van der Waals surface area (Å²) < 4.78 is 43.7. The fraction of sp³-hybridized carbons (Fsp3) is 0.235. The Hall–Kier alpha value is -2.56. The molecule has 0 fully saturated rings. The molecule has 0 radical (unpaired) electrons. The van der Waals surface area contributed by atoms with Crippen molar-refractivity contribution in [1.29, 1.82) is 0 Å². The summed E-state index contributed by atoms with van der Waals surface area (Å²) in [5.41, 5.74) is 6.64. The van der Waals surface area contributed by atoms with Gasteiger partial charge in [0.15, 0.2) is 5.13 Å². The van der Waals surface area contributed by atoms with Crippen molar-refractivity contribution in [2.24, 2.45) is 5.73 Å². The number of rotatable bonds is 7. The van der Waals surface area contributed by atoms with Gasteiger partial charge in [0.2, 0.25) is 5.95 Å². The first-order chi connectivity index (χ1) is 12.9. The van der Waals surface area contributed by atoms with Gasteiger partial charge in [-0.3, -0.25) is 0 Å². The Morgan fingerprint density at radius 3 is 2.67 bits per heavy atom. The number of thiazole rings is 1. The number of halogens is 3. The van der Waals surface area contributed by atoms with E-state index in [-0.39, 0.29) is 12.6 Å². The van der Waals surface area contributed by atoms with Crippen LogP contribution < -0.4 is 11.1 Å². The van der Waals surface area contributed by atoms with Crippen LogP contribution >= 0.6 is 11.3 Å². The third-order valence-electron chi connectivity index (χ3n) is 3.48. The summed E-state index contributed by atoms with van der Waals surface area (Å²) in [6.07, 6.45) is -3.50. The van der Waals surface area contributed by atoms with Crippen molar-refractivity contribution < 1.29 is 17.9 Å². The molecule has 1 atom stereocenters.